The van der Waals surface area contributed by atoms with E-state index in [0.717, 1.165) is 5.69 Å². The molecule has 1 aromatic rings. The van der Waals surface area contributed by atoms with Gasteiger partial charge in [0.1, 0.15) is 0 Å². The third-order valence-corrected chi connectivity index (χ3v) is 2.27. The summed E-state index contributed by atoms with van der Waals surface area (Å²) in [6.45, 7) is 4.53. The Bertz CT molecular complexity index is 346. The number of nitrogens with one attached hydrogen (secondary N) is 1. The van der Waals surface area contributed by atoms with Crippen molar-refractivity contribution in [1.29, 1.82) is 0 Å². The van der Waals surface area contributed by atoms with Crippen LogP contribution in [0.3, 0.4) is 0 Å². The van der Waals surface area contributed by atoms with Gasteiger partial charge in [0.25, 0.3) is 0 Å². The number of nitrogens with zero attached hydrogens (tertiary/aromatic N) is 2. The molecule has 0 radical (unpaired) electrons. The molecule has 1 rings (SSSR count). The second-order valence-electron chi connectivity index (χ2n) is 4.43. The summed E-state index contributed by atoms with van der Waals surface area (Å²) in [6, 6.07) is 1.44. The van der Waals surface area contributed by atoms with Crippen molar-refractivity contribution < 1.29 is 4.79 Å². The van der Waals surface area contributed by atoms with Crippen LogP contribution in [0.4, 0.5) is 0 Å². The number of nitrogens with two attached hydrogens (primary N) is 1. The molecule has 0 aromatic carbocycles. The van der Waals surface area contributed by atoms with Gasteiger partial charge in [-0.1, -0.05) is 13.8 Å². The highest BCUT2D eigenvalue weighted by molar-refractivity contribution is 5.81. The van der Waals surface area contributed by atoms with E-state index >= 15 is 0 Å². The molecule has 0 saturated heterocycles. The van der Waals surface area contributed by atoms with Crippen molar-refractivity contribution >= 4 is 5.91 Å². The van der Waals surface area contributed by atoms with Gasteiger partial charge < -0.3 is 11.1 Å². The Morgan fingerprint density at radius 3 is 2.81 bits per heavy atom. The second-order valence-corrected chi connectivity index (χ2v) is 4.43. The van der Waals surface area contributed by atoms with Crippen molar-refractivity contribution in [2.24, 2.45) is 18.7 Å². The van der Waals surface area contributed by atoms with Crippen LogP contribution in [-0.4, -0.2) is 21.7 Å². The predicted octanol–water partition coefficient (Wildman–Crippen LogP) is 0.410. The maximum atomic E-state index is 11.6. The first kappa shape index (κ1) is 12.7. The lowest BCUT2D eigenvalue weighted by atomic mass is 10.0. The molecule has 0 aliphatic heterocycles. The number of aryl methyl sites for hydroxylation is 1. The van der Waals surface area contributed by atoms with Gasteiger partial charge in [0.15, 0.2) is 0 Å². The van der Waals surface area contributed by atoms with E-state index < -0.39 is 6.04 Å². The van der Waals surface area contributed by atoms with Crippen LogP contribution in [-0.2, 0) is 18.4 Å². The van der Waals surface area contributed by atoms with Crippen LogP contribution in [0.5, 0.6) is 0 Å². The summed E-state index contributed by atoms with van der Waals surface area (Å²) in [5.41, 5.74) is 6.59. The molecular weight excluding hydrogens is 204 g/mol. The minimum Gasteiger partial charge on any atom is -0.349 e. The van der Waals surface area contributed by atoms with Crippen LogP contribution in [0.15, 0.2) is 12.3 Å². The lowest BCUT2D eigenvalue weighted by molar-refractivity contribution is -0.122. The van der Waals surface area contributed by atoms with Gasteiger partial charge in [0, 0.05) is 13.2 Å². The fourth-order valence-electron chi connectivity index (χ4n) is 1.48. The molecule has 1 heterocycles. The first-order chi connectivity index (χ1) is 7.49. The number of aromatic nitrogens is 2. The summed E-state index contributed by atoms with van der Waals surface area (Å²) in [4.78, 5) is 11.6. The predicted molar refractivity (Wildman–Crippen MR) is 62.5 cm³/mol. The summed E-state index contributed by atoms with van der Waals surface area (Å²) in [5.74, 6) is 0.315. The zero-order chi connectivity index (χ0) is 12.1. The minimum atomic E-state index is -0.427. The highest BCUT2D eigenvalue weighted by Crippen LogP contribution is 2.02. The summed E-state index contributed by atoms with van der Waals surface area (Å²) in [5, 5.41) is 6.94. The molecule has 0 aliphatic carbocycles. The third-order valence-electron chi connectivity index (χ3n) is 2.27. The highest BCUT2D eigenvalue weighted by Gasteiger charge is 2.14. The molecule has 3 N–H and O–H groups in total. The van der Waals surface area contributed by atoms with E-state index in [0.29, 0.717) is 18.9 Å². The zero-order valence-corrected chi connectivity index (χ0v) is 10.1. The van der Waals surface area contributed by atoms with Gasteiger partial charge >= 0.3 is 0 Å². The largest absolute Gasteiger partial charge is 0.349 e. The summed E-state index contributed by atoms with van der Waals surface area (Å²) in [7, 11) is 1.84. The van der Waals surface area contributed by atoms with Crippen molar-refractivity contribution in [3.63, 3.8) is 0 Å². The molecule has 0 bridgehead atoms. The molecule has 0 fully saturated rings. The van der Waals surface area contributed by atoms with Gasteiger partial charge in [0.05, 0.1) is 18.3 Å². The van der Waals surface area contributed by atoms with E-state index in [9.17, 15) is 4.79 Å². The lowest BCUT2D eigenvalue weighted by Gasteiger charge is -2.13. The molecular formula is C11H20N4O. The molecule has 1 amide bonds. The van der Waals surface area contributed by atoms with Crippen LogP contribution in [0.25, 0.3) is 0 Å². The smallest absolute Gasteiger partial charge is 0.237 e. The Morgan fingerprint density at radius 1 is 1.62 bits per heavy atom. The third kappa shape index (κ3) is 4.02. The Balaban J connectivity index is 2.35. The topological polar surface area (TPSA) is 72.9 Å². The fourth-order valence-corrected chi connectivity index (χ4v) is 1.48. The number of hydrogen-bond acceptors (Lipinski definition) is 3. The standard InChI is InChI=1S/C11H20N4O/c1-8(2)6-10(12)11(16)13-7-9-4-5-15(3)14-9/h4-5,8,10H,6-7,12H2,1-3H3,(H,13,16)/t10-/m0/s1. The van der Waals surface area contributed by atoms with E-state index in [-0.39, 0.29) is 5.91 Å². The van der Waals surface area contributed by atoms with Gasteiger partial charge in [-0.2, -0.15) is 5.10 Å². The van der Waals surface area contributed by atoms with Crippen LogP contribution in [0, 0.1) is 5.92 Å². The molecule has 5 heteroatoms. The molecule has 1 aromatic heterocycles. The van der Waals surface area contributed by atoms with E-state index in [4.69, 9.17) is 5.73 Å². The number of amides is 1. The molecule has 5 nitrogen and oxygen atoms in total. The lowest BCUT2D eigenvalue weighted by Crippen LogP contribution is -2.41. The van der Waals surface area contributed by atoms with Crippen molar-refractivity contribution in [1.82, 2.24) is 15.1 Å². The van der Waals surface area contributed by atoms with Gasteiger partial charge in [-0.3, -0.25) is 9.48 Å². The first-order valence-electron chi connectivity index (χ1n) is 5.51. The van der Waals surface area contributed by atoms with Gasteiger partial charge in [-0.15, -0.1) is 0 Å². The zero-order valence-electron chi connectivity index (χ0n) is 10.1. The molecule has 0 spiro atoms. The monoisotopic (exact) mass is 224 g/mol. The Labute approximate surface area is 96.0 Å². The first-order valence-corrected chi connectivity index (χ1v) is 5.51. The van der Waals surface area contributed by atoms with Gasteiger partial charge in [-0.25, -0.2) is 0 Å². The Morgan fingerprint density at radius 2 is 2.31 bits per heavy atom. The number of rotatable bonds is 5. The molecule has 0 aliphatic rings. The minimum absolute atomic E-state index is 0.112. The van der Waals surface area contributed by atoms with E-state index in [1.165, 1.54) is 0 Å². The molecule has 1 atom stereocenters. The van der Waals surface area contributed by atoms with E-state index in [2.05, 4.69) is 10.4 Å². The maximum Gasteiger partial charge on any atom is 0.237 e. The van der Waals surface area contributed by atoms with Crippen molar-refractivity contribution in [2.45, 2.75) is 32.9 Å². The second kappa shape index (κ2) is 5.65. The molecule has 90 valence electrons. The molecule has 0 unspecified atom stereocenters. The Kier molecular flexibility index (Phi) is 4.49. The van der Waals surface area contributed by atoms with Crippen molar-refractivity contribution in [2.75, 3.05) is 0 Å². The molecule has 0 saturated carbocycles. The average molecular weight is 224 g/mol. The average Bonchev–Trinajstić information content (AvgIpc) is 2.59. The number of hydrogen-bond donors (Lipinski definition) is 2. The van der Waals surface area contributed by atoms with Crippen LogP contribution in [0.2, 0.25) is 0 Å². The SMILES string of the molecule is CC(C)C[C@H](N)C(=O)NCc1ccn(C)n1. The maximum absolute atomic E-state index is 11.6. The van der Waals surface area contributed by atoms with E-state index in [1.807, 2.05) is 33.2 Å². The van der Waals surface area contributed by atoms with Crippen LogP contribution in [0.1, 0.15) is 26.0 Å². The summed E-state index contributed by atoms with van der Waals surface area (Å²) in [6.07, 6.45) is 2.55. The fraction of sp³-hybridized carbons (Fsp3) is 0.636. The quantitative estimate of drug-likeness (QED) is 0.761. The summed E-state index contributed by atoms with van der Waals surface area (Å²) < 4.78 is 1.70. The van der Waals surface area contributed by atoms with Crippen LogP contribution >= 0.6 is 0 Å². The Hall–Kier alpha value is -1.36. The summed E-state index contributed by atoms with van der Waals surface area (Å²) >= 11 is 0. The van der Waals surface area contributed by atoms with Crippen molar-refractivity contribution in [3.8, 4) is 0 Å². The number of carbonyl (C=O) groups excluding carboxylic acids is 1. The van der Waals surface area contributed by atoms with Crippen LogP contribution < -0.4 is 11.1 Å². The van der Waals surface area contributed by atoms with Gasteiger partial charge in [0.2, 0.25) is 5.91 Å². The van der Waals surface area contributed by atoms with Crippen molar-refractivity contribution in [3.05, 3.63) is 18.0 Å². The number of carbonyl (C=O) groups is 1. The molecule has 16 heavy (non-hydrogen) atoms. The van der Waals surface area contributed by atoms with E-state index in [1.54, 1.807) is 4.68 Å². The van der Waals surface area contributed by atoms with Gasteiger partial charge in [-0.05, 0) is 18.4 Å². The normalized spacial score (nSPS) is 12.8. The highest BCUT2D eigenvalue weighted by atomic mass is 16.2.